The molecule has 0 unspecified atom stereocenters. The highest BCUT2D eigenvalue weighted by Gasteiger charge is 2.34. The van der Waals surface area contributed by atoms with E-state index in [9.17, 15) is 0 Å². The smallest absolute Gasteiger partial charge is 0.151 e. The van der Waals surface area contributed by atoms with Crippen LogP contribution in [0, 0.1) is 0 Å². The predicted molar refractivity (Wildman–Crippen MR) is 104 cm³/mol. The standard InChI is InChI=1S/C18H20Br2N2O2/c1-21-7-9-23-17-13(21)5-3-11(19)15(17)16-12(20)4-6-14-18(16)24-10-8-22(14)2/h3,5-6,12H,4,7-10H2,1-2H3/t12-/m1/s1. The van der Waals surface area contributed by atoms with Crippen molar-refractivity contribution in [3.63, 3.8) is 0 Å². The van der Waals surface area contributed by atoms with Crippen molar-refractivity contribution < 1.29 is 9.47 Å². The third kappa shape index (κ3) is 2.54. The van der Waals surface area contributed by atoms with Crippen LogP contribution in [0.15, 0.2) is 34.1 Å². The molecule has 4 nitrogen and oxygen atoms in total. The lowest BCUT2D eigenvalue weighted by Gasteiger charge is -2.37. The van der Waals surface area contributed by atoms with Gasteiger partial charge in [0.05, 0.1) is 24.5 Å². The molecule has 1 aliphatic carbocycles. The minimum Gasteiger partial charge on any atom is -0.489 e. The summed E-state index contributed by atoms with van der Waals surface area (Å²) >= 11 is 7.61. The van der Waals surface area contributed by atoms with E-state index in [1.165, 1.54) is 11.3 Å². The number of hydrogen-bond acceptors (Lipinski definition) is 4. The lowest BCUT2D eigenvalue weighted by atomic mass is 9.92. The second-order valence-electron chi connectivity index (χ2n) is 6.35. The van der Waals surface area contributed by atoms with Gasteiger partial charge in [0.15, 0.2) is 5.75 Å². The molecule has 0 bridgehead atoms. The first-order chi connectivity index (χ1) is 11.6. The molecule has 1 aromatic rings. The van der Waals surface area contributed by atoms with Gasteiger partial charge >= 0.3 is 0 Å². The van der Waals surface area contributed by atoms with E-state index in [4.69, 9.17) is 9.47 Å². The fraction of sp³-hybridized carbons (Fsp3) is 0.444. The molecule has 0 aromatic heterocycles. The van der Waals surface area contributed by atoms with Gasteiger partial charge in [0.1, 0.15) is 19.0 Å². The Morgan fingerprint density at radius 1 is 1.08 bits per heavy atom. The minimum absolute atomic E-state index is 0.210. The molecule has 0 radical (unpaired) electrons. The monoisotopic (exact) mass is 454 g/mol. The number of rotatable bonds is 1. The first-order valence-corrected chi connectivity index (χ1v) is 9.88. The fourth-order valence-corrected chi connectivity index (χ4v) is 4.66. The lowest BCUT2D eigenvalue weighted by Crippen LogP contribution is -2.33. The van der Waals surface area contributed by atoms with E-state index in [1.54, 1.807) is 0 Å². The molecule has 24 heavy (non-hydrogen) atoms. The van der Waals surface area contributed by atoms with E-state index < -0.39 is 0 Å². The Morgan fingerprint density at radius 3 is 2.67 bits per heavy atom. The summed E-state index contributed by atoms with van der Waals surface area (Å²) in [6.07, 6.45) is 3.20. The molecule has 0 saturated carbocycles. The maximum Gasteiger partial charge on any atom is 0.151 e. The van der Waals surface area contributed by atoms with Gasteiger partial charge in [0.25, 0.3) is 0 Å². The molecule has 2 heterocycles. The molecule has 1 aromatic carbocycles. The van der Waals surface area contributed by atoms with Crippen LogP contribution in [0.3, 0.4) is 0 Å². The fourth-order valence-electron chi connectivity index (χ4n) is 3.51. The summed E-state index contributed by atoms with van der Waals surface area (Å²) in [6.45, 7) is 3.23. The number of morpholine rings is 1. The van der Waals surface area contributed by atoms with Crippen LogP contribution >= 0.6 is 31.9 Å². The van der Waals surface area contributed by atoms with Crippen molar-refractivity contribution in [2.45, 2.75) is 11.2 Å². The number of nitrogens with zero attached hydrogens (tertiary/aromatic N) is 2. The van der Waals surface area contributed by atoms with Gasteiger partial charge in [-0.05, 0) is 18.6 Å². The van der Waals surface area contributed by atoms with Gasteiger partial charge in [-0.2, -0.15) is 0 Å². The molecule has 3 aliphatic rings. The molecule has 1 atom stereocenters. The lowest BCUT2D eigenvalue weighted by molar-refractivity contribution is 0.141. The molecule has 1 fully saturated rings. The molecule has 0 N–H and O–H groups in total. The van der Waals surface area contributed by atoms with Gasteiger partial charge in [0, 0.05) is 34.5 Å². The van der Waals surface area contributed by atoms with E-state index in [0.29, 0.717) is 13.2 Å². The molecular weight excluding hydrogens is 436 g/mol. The van der Waals surface area contributed by atoms with E-state index in [2.05, 4.69) is 74.0 Å². The van der Waals surface area contributed by atoms with Crippen LogP contribution in [0.25, 0.3) is 5.57 Å². The van der Waals surface area contributed by atoms with Crippen LogP contribution in [0.5, 0.6) is 5.75 Å². The summed E-state index contributed by atoms with van der Waals surface area (Å²) in [5, 5.41) is 0. The van der Waals surface area contributed by atoms with Gasteiger partial charge in [0.2, 0.25) is 0 Å². The Labute approximate surface area is 159 Å². The molecule has 0 amide bonds. The number of ether oxygens (including phenoxy) is 2. The van der Waals surface area contributed by atoms with Crippen LogP contribution < -0.4 is 9.64 Å². The summed E-state index contributed by atoms with van der Waals surface area (Å²) in [5.41, 5.74) is 4.60. The summed E-state index contributed by atoms with van der Waals surface area (Å²) in [4.78, 5) is 4.73. The van der Waals surface area contributed by atoms with Crippen LogP contribution in [0.4, 0.5) is 5.69 Å². The number of hydrogen-bond donors (Lipinski definition) is 0. The van der Waals surface area contributed by atoms with Crippen LogP contribution in [-0.2, 0) is 4.74 Å². The van der Waals surface area contributed by atoms with Crippen molar-refractivity contribution in [2.24, 2.45) is 0 Å². The van der Waals surface area contributed by atoms with Gasteiger partial charge in [-0.1, -0.05) is 37.9 Å². The van der Waals surface area contributed by atoms with Gasteiger partial charge in [-0.3, -0.25) is 0 Å². The zero-order valence-electron chi connectivity index (χ0n) is 13.8. The van der Waals surface area contributed by atoms with E-state index in [-0.39, 0.29) is 4.83 Å². The number of halogens is 2. The average Bonchev–Trinajstić information content (AvgIpc) is 2.56. The molecule has 4 rings (SSSR count). The Balaban J connectivity index is 1.94. The minimum atomic E-state index is 0.210. The average molecular weight is 456 g/mol. The van der Waals surface area contributed by atoms with Crippen LogP contribution in [-0.4, -0.2) is 50.1 Å². The molecule has 2 aliphatic heterocycles. The normalized spacial score (nSPS) is 23.2. The molecule has 0 spiro atoms. The first kappa shape index (κ1) is 16.3. The zero-order chi connectivity index (χ0) is 16.8. The maximum absolute atomic E-state index is 6.11. The number of allylic oxidation sites excluding steroid dienone is 2. The topological polar surface area (TPSA) is 24.9 Å². The summed E-state index contributed by atoms with van der Waals surface area (Å²) in [7, 11) is 4.24. The van der Waals surface area contributed by atoms with Gasteiger partial charge in [-0.15, -0.1) is 0 Å². The number of fused-ring (bicyclic) bond motifs is 2. The van der Waals surface area contributed by atoms with Crippen molar-refractivity contribution in [3.8, 4) is 5.75 Å². The predicted octanol–water partition coefficient (Wildman–Crippen LogP) is 4.00. The van der Waals surface area contributed by atoms with Crippen molar-refractivity contribution >= 4 is 43.1 Å². The second kappa shape index (κ2) is 6.30. The Hall–Kier alpha value is -1.14. The highest BCUT2D eigenvalue weighted by molar-refractivity contribution is 9.10. The van der Waals surface area contributed by atoms with E-state index in [0.717, 1.165) is 46.7 Å². The zero-order valence-corrected chi connectivity index (χ0v) is 17.0. The molecular formula is C18H20Br2N2O2. The third-order valence-electron chi connectivity index (χ3n) is 4.83. The molecule has 6 heteroatoms. The second-order valence-corrected chi connectivity index (χ2v) is 8.31. The van der Waals surface area contributed by atoms with E-state index >= 15 is 0 Å². The van der Waals surface area contributed by atoms with Crippen molar-refractivity contribution in [2.75, 3.05) is 45.3 Å². The van der Waals surface area contributed by atoms with E-state index in [1.807, 2.05) is 0 Å². The SMILES string of the molecule is CN1CCOC2=C(c3c(Br)ccc4c3OCCN4C)[C@H](Br)CC=C21. The molecule has 128 valence electrons. The quantitative estimate of drug-likeness (QED) is 0.597. The Morgan fingerprint density at radius 2 is 1.83 bits per heavy atom. The largest absolute Gasteiger partial charge is 0.489 e. The number of likely N-dealkylation sites (N-methyl/N-ethyl adjacent to an activating group) is 2. The highest BCUT2D eigenvalue weighted by atomic mass is 79.9. The third-order valence-corrected chi connectivity index (χ3v) is 6.33. The van der Waals surface area contributed by atoms with Gasteiger partial charge in [-0.25, -0.2) is 0 Å². The van der Waals surface area contributed by atoms with Crippen LogP contribution in [0.2, 0.25) is 0 Å². The van der Waals surface area contributed by atoms with Crippen LogP contribution in [0.1, 0.15) is 12.0 Å². The summed E-state index contributed by atoms with van der Waals surface area (Å²) < 4.78 is 13.3. The summed E-state index contributed by atoms with van der Waals surface area (Å²) in [5.74, 6) is 1.92. The molecule has 1 saturated heterocycles. The van der Waals surface area contributed by atoms with Crippen molar-refractivity contribution in [3.05, 3.63) is 39.7 Å². The highest BCUT2D eigenvalue weighted by Crippen LogP contribution is 2.48. The van der Waals surface area contributed by atoms with Gasteiger partial charge < -0.3 is 19.3 Å². The Kier molecular flexibility index (Phi) is 4.29. The number of alkyl halides is 1. The number of benzene rings is 1. The summed E-state index contributed by atoms with van der Waals surface area (Å²) in [6, 6.07) is 4.22. The Bertz CT molecular complexity index is 745. The maximum atomic E-state index is 6.11. The number of anilines is 1. The van der Waals surface area contributed by atoms with Crippen molar-refractivity contribution in [1.82, 2.24) is 4.90 Å². The first-order valence-electron chi connectivity index (χ1n) is 8.17. The van der Waals surface area contributed by atoms with Crippen molar-refractivity contribution in [1.29, 1.82) is 0 Å².